The SMILES string of the molecule is O=C(O)[C@H]1CCCCN1C(=O)C/C=C/c1cccc(F)c1. The van der Waals surface area contributed by atoms with Gasteiger partial charge in [-0.05, 0) is 37.0 Å². The molecule has 112 valence electrons. The third-order valence-electron chi connectivity index (χ3n) is 3.56. The van der Waals surface area contributed by atoms with Crippen LogP contribution in [0.3, 0.4) is 0 Å². The van der Waals surface area contributed by atoms with Gasteiger partial charge in [-0.3, -0.25) is 4.79 Å². The van der Waals surface area contributed by atoms with Crippen molar-refractivity contribution in [2.75, 3.05) is 6.54 Å². The number of aliphatic carboxylic acids is 1. The van der Waals surface area contributed by atoms with Crippen LogP contribution in [0.25, 0.3) is 6.08 Å². The summed E-state index contributed by atoms with van der Waals surface area (Å²) in [5.74, 6) is -1.47. The molecule has 1 aliphatic heterocycles. The number of carbonyl (C=O) groups is 2. The average Bonchev–Trinajstić information content (AvgIpc) is 2.47. The maximum atomic E-state index is 13.0. The van der Waals surface area contributed by atoms with Gasteiger partial charge in [0.1, 0.15) is 11.9 Å². The molecule has 0 unspecified atom stereocenters. The molecule has 4 nitrogen and oxygen atoms in total. The summed E-state index contributed by atoms with van der Waals surface area (Å²) in [7, 11) is 0. The van der Waals surface area contributed by atoms with Gasteiger partial charge in [0.2, 0.25) is 5.91 Å². The van der Waals surface area contributed by atoms with E-state index in [1.165, 1.54) is 17.0 Å². The van der Waals surface area contributed by atoms with Crippen molar-refractivity contribution in [1.82, 2.24) is 4.90 Å². The lowest BCUT2D eigenvalue weighted by molar-refractivity contribution is -0.151. The molecule has 1 saturated heterocycles. The van der Waals surface area contributed by atoms with Crippen molar-refractivity contribution >= 4 is 18.0 Å². The second-order valence-corrected chi connectivity index (χ2v) is 5.10. The Bertz CT molecular complexity index is 556. The van der Waals surface area contributed by atoms with E-state index >= 15 is 0 Å². The van der Waals surface area contributed by atoms with Crippen molar-refractivity contribution in [3.05, 3.63) is 41.7 Å². The van der Waals surface area contributed by atoms with Crippen LogP contribution in [-0.2, 0) is 9.59 Å². The number of carbonyl (C=O) groups excluding carboxylic acids is 1. The second-order valence-electron chi connectivity index (χ2n) is 5.10. The van der Waals surface area contributed by atoms with Crippen molar-refractivity contribution in [2.45, 2.75) is 31.7 Å². The van der Waals surface area contributed by atoms with Crippen LogP contribution in [0.1, 0.15) is 31.2 Å². The minimum absolute atomic E-state index is 0.125. The highest BCUT2D eigenvalue weighted by Crippen LogP contribution is 2.18. The Morgan fingerprint density at radius 3 is 2.90 bits per heavy atom. The van der Waals surface area contributed by atoms with Gasteiger partial charge in [-0.1, -0.05) is 24.3 Å². The summed E-state index contributed by atoms with van der Waals surface area (Å²) in [6, 6.07) is 5.36. The number of nitrogens with zero attached hydrogens (tertiary/aromatic N) is 1. The molecule has 1 aliphatic rings. The van der Waals surface area contributed by atoms with E-state index in [0.717, 1.165) is 12.8 Å². The van der Waals surface area contributed by atoms with E-state index in [0.29, 0.717) is 18.5 Å². The summed E-state index contributed by atoms with van der Waals surface area (Å²) in [4.78, 5) is 24.7. The molecule has 5 heteroatoms. The molecule has 0 aliphatic carbocycles. The lowest BCUT2D eigenvalue weighted by Crippen LogP contribution is -2.47. The van der Waals surface area contributed by atoms with Crippen molar-refractivity contribution in [3.8, 4) is 0 Å². The first kappa shape index (κ1) is 15.2. The highest BCUT2D eigenvalue weighted by atomic mass is 19.1. The van der Waals surface area contributed by atoms with Crippen molar-refractivity contribution < 1.29 is 19.1 Å². The number of hydrogen-bond acceptors (Lipinski definition) is 2. The number of hydrogen-bond donors (Lipinski definition) is 1. The number of rotatable bonds is 4. The standard InChI is InChI=1S/C16H18FNO3/c17-13-7-3-5-12(11-13)6-4-9-15(19)18-10-2-1-8-14(18)16(20)21/h3-7,11,14H,1-2,8-10H2,(H,20,21)/b6-4+/t14-/m1/s1. The summed E-state index contributed by atoms with van der Waals surface area (Å²) in [5.41, 5.74) is 0.677. The molecule has 1 aromatic rings. The molecule has 1 aromatic carbocycles. The highest BCUT2D eigenvalue weighted by molar-refractivity contribution is 5.85. The molecule has 0 bridgehead atoms. The number of amides is 1. The summed E-state index contributed by atoms with van der Waals surface area (Å²) in [6.07, 6.45) is 5.61. The molecule has 1 heterocycles. The predicted molar refractivity (Wildman–Crippen MR) is 77.0 cm³/mol. The van der Waals surface area contributed by atoms with Gasteiger partial charge in [-0.15, -0.1) is 0 Å². The van der Waals surface area contributed by atoms with Crippen LogP contribution in [0, 0.1) is 5.82 Å². The van der Waals surface area contributed by atoms with Crippen LogP contribution < -0.4 is 0 Å². The van der Waals surface area contributed by atoms with Gasteiger partial charge in [0.25, 0.3) is 0 Å². The zero-order valence-corrected chi connectivity index (χ0v) is 11.7. The maximum Gasteiger partial charge on any atom is 0.326 e. The first-order chi connectivity index (χ1) is 10.1. The highest BCUT2D eigenvalue weighted by Gasteiger charge is 2.30. The van der Waals surface area contributed by atoms with Gasteiger partial charge in [-0.25, -0.2) is 9.18 Å². The van der Waals surface area contributed by atoms with Gasteiger partial charge < -0.3 is 10.0 Å². The molecule has 1 N–H and O–H groups in total. The van der Waals surface area contributed by atoms with E-state index in [2.05, 4.69) is 0 Å². The Morgan fingerprint density at radius 2 is 2.19 bits per heavy atom. The minimum Gasteiger partial charge on any atom is -0.480 e. The van der Waals surface area contributed by atoms with Crippen LogP contribution in [-0.4, -0.2) is 34.5 Å². The van der Waals surface area contributed by atoms with Crippen molar-refractivity contribution in [2.24, 2.45) is 0 Å². The maximum absolute atomic E-state index is 13.0. The van der Waals surface area contributed by atoms with Gasteiger partial charge >= 0.3 is 5.97 Å². The monoisotopic (exact) mass is 291 g/mol. The summed E-state index contributed by atoms with van der Waals surface area (Å²) < 4.78 is 13.0. The molecular weight excluding hydrogens is 273 g/mol. The summed E-state index contributed by atoms with van der Waals surface area (Å²) in [5, 5.41) is 9.14. The number of halogens is 1. The Balaban J connectivity index is 1.95. The fourth-order valence-corrected chi connectivity index (χ4v) is 2.51. The van der Waals surface area contributed by atoms with Crippen LogP contribution in [0.2, 0.25) is 0 Å². The number of carboxylic acids is 1. The number of piperidine rings is 1. The molecule has 2 rings (SSSR count). The smallest absolute Gasteiger partial charge is 0.326 e. The number of benzene rings is 1. The van der Waals surface area contributed by atoms with Crippen LogP contribution in [0.5, 0.6) is 0 Å². The molecule has 0 saturated carbocycles. The molecule has 1 atom stereocenters. The van der Waals surface area contributed by atoms with Crippen molar-refractivity contribution in [1.29, 1.82) is 0 Å². The Hall–Kier alpha value is -2.17. The van der Waals surface area contributed by atoms with E-state index < -0.39 is 12.0 Å². The van der Waals surface area contributed by atoms with E-state index in [4.69, 9.17) is 5.11 Å². The first-order valence-electron chi connectivity index (χ1n) is 7.02. The Kier molecular flexibility index (Phi) is 5.09. The first-order valence-corrected chi connectivity index (χ1v) is 7.02. The van der Waals surface area contributed by atoms with Crippen LogP contribution in [0.15, 0.2) is 30.3 Å². The summed E-state index contributed by atoms with van der Waals surface area (Å²) >= 11 is 0. The third kappa shape index (κ3) is 4.15. The zero-order chi connectivity index (χ0) is 15.2. The number of carboxylic acid groups (broad SMARTS) is 1. The Morgan fingerprint density at radius 1 is 1.38 bits per heavy atom. The van der Waals surface area contributed by atoms with E-state index in [9.17, 15) is 14.0 Å². The molecule has 0 aromatic heterocycles. The average molecular weight is 291 g/mol. The third-order valence-corrected chi connectivity index (χ3v) is 3.56. The van der Waals surface area contributed by atoms with Crippen LogP contribution >= 0.6 is 0 Å². The van der Waals surface area contributed by atoms with E-state index in [1.807, 2.05) is 0 Å². The zero-order valence-electron chi connectivity index (χ0n) is 11.7. The van der Waals surface area contributed by atoms with Crippen molar-refractivity contribution in [3.63, 3.8) is 0 Å². The molecule has 0 spiro atoms. The fourth-order valence-electron chi connectivity index (χ4n) is 2.51. The molecule has 0 radical (unpaired) electrons. The van der Waals surface area contributed by atoms with Gasteiger partial charge in [-0.2, -0.15) is 0 Å². The molecule has 1 amide bonds. The lowest BCUT2D eigenvalue weighted by Gasteiger charge is -2.32. The molecule has 1 fully saturated rings. The number of likely N-dealkylation sites (tertiary alicyclic amines) is 1. The Labute approximate surface area is 122 Å². The predicted octanol–water partition coefficient (Wildman–Crippen LogP) is 2.69. The quantitative estimate of drug-likeness (QED) is 0.928. The largest absolute Gasteiger partial charge is 0.480 e. The molecular formula is C16H18FNO3. The van der Waals surface area contributed by atoms with Gasteiger partial charge in [0, 0.05) is 13.0 Å². The van der Waals surface area contributed by atoms with Gasteiger partial charge in [0.05, 0.1) is 0 Å². The summed E-state index contributed by atoms with van der Waals surface area (Å²) in [6.45, 7) is 0.490. The van der Waals surface area contributed by atoms with Crippen LogP contribution in [0.4, 0.5) is 4.39 Å². The van der Waals surface area contributed by atoms with Gasteiger partial charge in [0.15, 0.2) is 0 Å². The van der Waals surface area contributed by atoms with E-state index in [1.54, 1.807) is 24.3 Å². The second kappa shape index (κ2) is 7.02. The normalized spacial score (nSPS) is 18.9. The minimum atomic E-state index is -0.947. The topological polar surface area (TPSA) is 57.6 Å². The lowest BCUT2D eigenvalue weighted by atomic mass is 10.0. The fraction of sp³-hybridized carbons (Fsp3) is 0.375. The van der Waals surface area contributed by atoms with E-state index in [-0.39, 0.29) is 18.1 Å². The molecule has 21 heavy (non-hydrogen) atoms.